The van der Waals surface area contributed by atoms with E-state index in [0.29, 0.717) is 30.1 Å². The van der Waals surface area contributed by atoms with E-state index in [1.54, 1.807) is 18.2 Å². The molecule has 6 heteroatoms. The zero-order valence-corrected chi connectivity index (χ0v) is 11.5. The Balaban J connectivity index is 2.33. The molecule has 1 aliphatic carbocycles. The molecule has 1 fully saturated rings. The fraction of sp³-hybridized carbons (Fsp3) is 0.333. The number of rotatable bonds is 7. The van der Waals surface area contributed by atoms with Crippen LogP contribution in [0.15, 0.2) is 24.3 Å². The molecule has 2 N–H and O–H groups in total. The number of aliphatic carboxylic acids is 1. The molecule has 1 aromatic rings. The number of carboxylic acids is 1. The molecule has 1 saturated carbocycles. The van der Waals surface area contributed by atoms with Crippen molar-refractivity contribution in [2.45, 2.75) is 12.8 Å². The van der Waals surface area contributed by atoms with E-state index in [9.17, 15) is 14.7 Å². The minimum absolute atomic E-state index is 0.176. The molecule has 2 rings (SSSR count). The second-order valence-electron chi connectivity index (χ2n) is 4.79. The van der Waals surface area contributed by atoms with E-state index in [4.69, 9.17) is 14.6 Å². The largest absolute Gasteiger partial charge is 0.507 e. The highest BCUT2D eigenvalue weighted by Crippen LogP contribution is 2.36. The van der Waals surface area contributed by atoms with Crippen LogP contribution in [-0.4, -0.2) is 35.7 Å². The molecule has 0 unspecified atom stereocenters. The lowest BCUT2D eigenvalue weighted by atomic mass is 10.1. The molecule has 21 heavy (non-hydrogen) atoms. The maximum atomic E-state index is 11.2. The lowest BCUT2D eigenvalue weighted by Crippen LogP contribution is -2.10. The van der Waals surface area contributed by atoms with Crippen LogP contribution in [0.1, 0.15) is 18.4 Å². The molecule has 1 aromatic carbocycles. The van der Waals surface area contributed by atoms with Gasteiger partial charge in [-0.2, -0.15) is 0 Å². The highest BCUT2D eigenvalue weighted by Gasteiger charge is 2.24. The van der Waals surface area contributed by atoms with Gasteiger partial charge in [0.15, 0.2) is 0 Å². The smallest absolute Gasteiger partial charge is 0.376 e. The predicted molar refractivity (Wildman–Crippen MR) is 74.5 cm³/mol. The number of ether oxygens (including phenoxy) is 2. The Morgan fingerprint density at radius 1 is 1.29 bits per heavy atom. The van der Waals surface area contributed by atoms with Gasteiger partial charge < -0.3 is 19.7 Å². The standard InChI is InChI=1S/C15H16O6/c1-20-12-3-2-4-13(21-8-9-5-6-9)14(12)10(16)7-11(17)15(18)19/h2-4,7,9,16H,5-6,8H2,1H3,(H,18,19). The van der Waals surface area contributed by atoms with Crippen molar-refractivity contribution in [3.63, 3.8) is 0 Å². The molecule has 0 bridgehead atoms. The molecule has 0 aliphatic heterocycles. The Bertz CT molecular complexity index is 586. The number of methoxy groups -OCH3 is 1. The van der Waals surface area contributed by atoms with Gasteiger partial charge in [0.1, 0.15) is 22.8 Å². The number of benzene rings is 1. The first kappa shape index (κ1) is 14.9. The predicted octanol–water partition coefficient (Wildman–Crippen LogP) is 2.04. The quantitative estimate of drug-likeness (QED) is 0.454. The van der Waals surface area contributed by atoms with Crippen molar-refractivity contribution in [1.29, 1.82) is 0 Å². The minimum Gasteiger partial charge on any atom is -0.507 e. The summed E-state index contributed by atoms with van der Waals surface area (Å²) in [4.78, 5) is 21.8. The van der Waals surface area contributed by atoms with Crippen LogP contribution in [0, 0.1) is 5.92 Å². The van der Waals surface area contributed by atoms with E-state index in [2.05, 4.69) is 0 Å². The van der Waals surface area contributed by atoms with Crippen molar-refractivity contribution in [3.05, 3.63) is 29.8 Å². The van der Waals surface area contributed by atoms with Gasteiger partial charge in [0, 0.05) is 6.08 Å². The Hall–Kier alpha value is -2.50. The second-order valence-corrected chi connectivity index (χ2v) is 4.79. The number of hydrogen-bond donors (Lipinski definition) is 2. The van der Waals surface area contributed by atoms with Gasteiger partial charge in [-0.15, -0.1) is 0 Å². The average Bonchev–Trinajstić information content (AvgIpc) is 3.28. The number of carbonyl (C=O) groups excluding carboxylic acids is 1. The van der Waals surface area contributed by atoms with Crippen LogP contribution in [0.25, 0.3) is 5.76 Å². The van der Waals surface area contributed by atoms with Crippen molar-refractivity contribution in [2.75, 3.05) is 13.7 Å². The second kappa shape index (κ2) is 6.30. The molecular formula is C15H16O6. The minimum atomic E-state index is -1.64. The van der Waals surface area contributed by atoms with Crippen molar-refractivity contribution < 1.29 is 29.3 Å². The van der Waals surface area contributed by atoms with E-state index in [1.807, 2.05) is 0 Å². The molecule has 0 aromatic heterocycles. The van der Waals surface area contributed by atoms with Crippen molar-refractivity contribution >= 4 is 17.5 Å². The van der Waals surface area contributed by atoms with E-state index >= 15 is 0 Å². The molecular weight excluding hydrogens is 276 g/mol. The van der Waals surface area contributed by atoms with Gasteiger partial charge in [-0.25, -0.2) is 4.79 Å². The summed E-state index contributed by atoms with van der Waals surface area (Å²) in [7, 11) is 1.41. The van der Waals surface area contributed by atoms with Crippen molar-refractivity contribution in [1.82, 2.24) is 0 Å². The van der Waals surface area contributed by atoms with Gasteiger partial charge in [0.25, 0.3) is 5.78 Å². The summed E-state index contributed by atoms with van der Waals surface area (Å²) in [5.41, 5.74) is 0.176. The summed E-state index contributed by atoms with van der Waals surface area (Å²) in [6.07, 6.45) is 2.86. The molecule has 112 valence electrons. The van der Waals surface area contributed by atoms with Crippen LogP contribution in [-0.2, 0) is 9.59 Å². The summed E-state index contributed by atoms with van der Waals surface area (Å²) in [6.45, 7) is 0.514. The molecule has 1 aliphatic rings. The van der Waals surface area contributed by atoms with Crippen LogP contribution in [0.5, 0.6) is 11.5 Å². The average molecular weight is 292 g/mol. The molecule has 6 nitrogen and oxygen atoms in total. The van der Waals surface area contributed by atoms with Crippen LogP contribution in [0.2, 0.25) is 0 Å². The fourth-order valence-corrected chi connectivity index (χ4v) is 1.80. The molecule has 0 saturated heterocycles. The van der Waals surface area contributed by atoms with Crippen LogP contribution >= 0.6 is 0 Å². The number of aliphatic hydroxyl groups is 1. The van der Waals surface area contributed by atoms with Crippen molar-refractivity contribution in [2.24, 2.45) is 5.92 Å². The molecule has 0 amide bonds. The zero-order chi connectivity index (χ0) is 15.4. The number of carboxylic acid groups (broad SMARTS) is 1. The summed E-state index contributed by atoms with van der Waals surface area (Å²) < 4.78 is 10.8. The molecule has 0 atom stereocenters. The number of carbonyl (C=O) groups is 2. The van der Waals surface area contributed by atoms with Crippen LogP contribution in [0.3, 0.4) is 0 Å². The van der Waals surface area contributed by atoms with Crippen molar-refractivity contribution in [3.8, 4) is 11.5 Å². The SMILES string of the molecule is COc1cccc(OCC2CC2)c1C(O)=CC(=O)C(=O)O. The van der Waals surface area contributed by atoms with E-state index in [1.165, 1.54) is 7.11 Å². The Labute approximate surface area is 121 Å². The maximum absolute atomic E-state index is 11.2. The van der Waals surface area contributed by atoms with Gasteiger partial charge in [0.05, 0.1) is 13.7 Å². The van der Waals surface area contributed by atoms with Crippen LogP contribution < -0.4 is 9.47 Å². The first-order chi connectivity index (χ1) is 10.0. The van der Waals surface area contributed by atoms with Gasteiger partial charge in [-0.05, 0) is 30.9 Å². The third kappa shape index (κ3) is 3.75. The third-order valence-electron chi connectivity index (χ3n) is 3.11. The number of hydrogen-bond acceptors (Lipinski definition) is 5. The van der Waals surface area contributed by atoms with E-state index in [0.717, 1.165) is 12.8 Å². The first-order valence-electron chi connectivity index (χ1n) is 6.51. The molecule has 0 spiro atoms. The third-order valence-corrected chi connectivity index (χ3v) is 3.11. The normalized spacial score (nSPS) is 14.6. The highest BCUT2D eigenvalue weighted by atomic mass is 16.5. The maximum Gasteiger partial charge on any atom is 0.376 e. The topological polar surface area (TPSA) is 93.1 Å². The monoisotopic (exact) mass is 292 g/mol. The van der Waals surface area contributed by atoms with E-state index < -0.39 is 17.5 Å². The van der Waals surface area contributed by atoms with E-state index in [-0.39, 0.29) is 5.56 Å². The number of aliphatic hydroxyl groups excluding tert-OH is 1. The Morgan fingerprint density at radius 2 is 1.95 bits per heavy atom. The first-order valence-corrected chi connectivity index (χ1v) is 6.51. The Kier molecular flexibility index (Phi) is 4.47. The van der Waals surface area contributed by atoms with Gasteiger partial charge in [-0.1, -0.05) is 6.07 Å². The van der Waals surface area contributed by atoms with Gasteiger partial charge in [-0.3, -0.25) is 4.79 Å². The molecule has 0 radical (unpaired) electrons. The molecule has 0 heterocycles. The summed E-state index contributed by atoms with van der Waals surface area (Å²) >= 11 is 0. The Morgan fingerprint density at radius 3 is 2.52 bits per heavy atom. The number of ketones is 1. The van der Waals surface area contributed by atoms with Gasteiger partial charge >= 0.3 is 5.97 Å². The van der Waals surface area contributed by atoms with Gasteiger partial charge in [0.2, 0.25) is 0 Å². The summed E-state index contributed by atoms with van der Waals surface area (Å²) in [5.74, 6) is -2.19. The highest BCUT2D eigenvalue weighted by molar-refractivity contribution is 6.38. The summed E-state index contributed by atoms with van der Waals surface area (Å²) in [6, 6.07) is 4.92. The zero-order valence-electron chi connectivity index (χ0n) is 11.5. The lowest BCUT2D eigenvalue weighted by molar-refractivity contribution is -0.146. The van der Waals surface area contributed by atoms with Crippen LogP contribution in [0.4, 0.5) is 0 Å². The summed E-state index contributed by atoms with van der Waals surface area (Å²) in [5, 5.41) is 18.6. The fourth-order valence-electron chi connectivity index (χ4n) is 1.80. The lowest BCUT2D eigenvalue weighted by Gasteiger charge is -2.14.